The van der Waals surface area contributed by atoms with Crippen LogP contribution in [0.2, 0.25) is 0 Å². The third-order valence-corrected chi connectivity index (χ3v) is 3.41. The van der Waals surface area contributed by atoms with E-state index in [1.807, 2.05) is 38.1 Å². The lowest BCUT2D eigenvalue weighted by molar-refractivity contribution is 0.0698. The van der Waals surface area contributed by atoms with Crippen LogP contribution in [0.4, 0.5) is 5.69 Å². The van der Waals surface area contributed by atoms with Crippen LogP contribution < -0.4 is 10.1 Å². The van der Waals surface area contributed by atoms with Crippen molar-refractivity contribution in [2.75, 3.05) is 12.4 Å². The van der Waals surface area contributed by atoms with E-state index in [-0.39, 0.29) is 11.6 Å². The fraction of sp³-hybridized carbons (Fsp3) is 0.235. The summed E-state index contributed by atoms with van der Waals surface area (Å²) in [6.07, 6.45) is 0. The molecule has 0 aliphatic carbocycles. The minimum absolute atomic E-state index is 0.00388. The van der Waals surface area contributed by atoms with E-state index < -0.39 is 5.97 Å². The van der Waals surface area contributed by atoms with Gasteiger partial charge in [-0.3, -0.25) is 0 Å². The van der Waals surface area contributed by atoms with E-state index >= 15 is 0 Å². The van der Waals surface area contributed by atoms with Crippen LogP contribution in [0, 0.1) is 6.92 Å². The zero-order valence-electron chi connectivity index (χ0n) is 12.4. The van der Waals surface area contributed by atoms with Crippen LogP contribution in [0.3, 0.4) is 0 Å². The van der Waals surface area contributed by atoms with Crippen molar-refractivity contribution in [3.05, 3.63) is 59.2 Å². The maximum Gasteiger partial charge on any atom is 0.337 e. The largest absolute Gasteiger partial charge is 0.497 e. The number of aryl methyl sites for hydroxylation is 1. The normalized spacial score (nSPS) is 11.8. The number of benzene rings is 2. The number of nitrogens with one attached hydrogen (secondary N) is 1. The first-order valence-corrected chi connectivity index (χ1v) is 6.75. The van der Waals surface area contributed by atoms with Crippen LogP contribution in [0.25, 0.3) is 0 Å². The van der Waals surface area contributed by atoms with E-state index in [9.17, 15) is 9.90 Å². The molecule has 2 aromatic rings. The Morgan fingerprint density at radius 1 is 1.19 bits per heavy atom. The molecule has 4 nitrogen and oxygen atoms in total. The maximum absolute atomic E-state index is 11.3. The monoisotopic (exact) mass is 285 g/mol. The van der Waals surface area contributed by atoms with Crippen LogP contribution in [-0.4, -0.2) is 18.2 Å². The summed E-state index contributed by atoms with van der Waals surface area (Å²) in [7, 11) is 1.56. The van der Waals surface area contributed by atoms with Gasteiger partial charge in [-0.2, -0.15) is 0 Å². The van der Waals surface area contributed by atoms with Crippen molar-refractivity contribution < 1.29 is 14.6 Å². The molecule has 110 valence electrons. The van der Waals surface area contributed by atoms with E-state index in [4.69, 9.17) is 4.74 Å². The van der Waals surface area contributed by atoms with Crippen LogP contribution in [-0.2, 0) is 0 Å². The van der Waals surface area contributed by atoms with Crippen molar-refractivity contribution in [3.8, 4) is 5.75 Å². The molecule has 0 amide bonds. The predicted octanol–water partition coefficient (Wildman–Crippen LogP) is 3.87. The lowest BCUT2D eigenvalue weighted by Crippen LogP contribution is -2.11. The lowest BCUT2D eigenvalue weighted by atomic mass is 10.1. The van der Waals surface area contributed by atoms with Gasteiger partial charge in [-0.05, 0) is 31.5 Å². The molecule has 0 aliphatic heterocycles. The number of carboxylic acids is 1. The third-order valence-electron chi connectivity index (χ3n) is 3.41. The molecule has 21 heavy (non-hydrogen) atoms. The fourth-order valence-electron chi connectivity index (χ4n) is 2.13. The van der Waals surface area contributed by atoms with Gasteiger partial charge in [0.25, 0.3) is 0 Å². The Morgan fingerprint density at radius 3 is 2.43 bits per heavy atom. The number of ether oxygens (including phenoxy) is 1. The summed E-state index contributed by atoms with van der Waals surface area (Å²) in [5.74, 6) is -0.338. The number of carboxylic acid groups (broad SMARTS) is 1. The molecule has 0 aromatic heterocycles. The van der Waals surface area contributed by atoms with Crippen molar-refractivity contribution in [1.82, 2.24) is 0 Å². The van der Waals surface area contributed by atoms with Gasteiger partial charge in [-0.25, -0.2) is 4.79 Å². The van der Waals surface area contributed by atoms with Crippen molar-refractivity contribution in [2.45, 2.75) is 19.9 Å². The Kier molecular flexibility index (Phi) is 4.48. The van der Waals surface area contributed by atoms with Gasteiger partial charge < -0.3 is 15.2 Å². The Bertz CT molecular complexity index is 635. The second-order valence-corrected chi connectivity index (χ2v) is 4.99. The molecule has 4 heteroatoms. The smallest absolute Gasteiger partial charge is 0.337 e. The van der Waals surface area contributed by atoms with Crippen molar-refractivity contribution in [2.24, 2.45) is 0 Å². The van der Waals surface area contributed by atoms with Crippen molar-refractivity contribution in [1.29, 1.82) is 0 Å². The average Bonchev–Trinajstić information content (AvgIpc) is 2.47. The zero-order valence-corrected chi connectivity index (χ0v) is 12.4. The quantitative estimate of drug-likeness (QED) is 0.875. The molecule has 1 unspecified atom stereocenters. The molecular formula is C17H19NO3. The highest BCUT2D eigenvalue weighted by atomic mass is 16.5. The second kappa shape index (κ2) is 6.31. The van der Waals surface area contributed by atoms with Crippen LogP contribution in [0.15, 0.2) is 42.5 Å². The average molecular weight is 285 g/mol. The third kappa shape index (κ3) is 3.54. The number of methoxy groups -OCH3 is 1. The summed E-state index contributed by atoms with van der Waals surface area (Å²) < 4.78 is 5.16. The first kappa shape index (κ1) is 14.9. The first-order valence-electron chi connectivity index (χ1n) is 6.75. The van der Waals surface area contributed by atoms with Gasteiger partial charge in [0, 0.05) is 12.1 Å². The highest BCUT2D eigenvalue weighted by Crippen LogP contribution is 2.27. The Labute approximate surface area is 124 Å². The number of anilines is 1. The summed E-state index contributed by atoms with van der Waals surface area (Å²) in [6.45, 7) is 4.03. The Morgan fingerprint density at radius 2 is 1.86 bits per heavy atom. The molecule has 0 heterocycles. The molecule has 0 bridgehead atoms. The minimum Gasteiger partial charge on any atom is -0.497 e. The van der Waals surface area contributed by atoms with Crippen LogP contribution in [0.1, 0.15) is 34.5 Å². The van der Waals surface area contributed by atoms with Crippen molar-refractivity contribution >= 4 is 11.7 Å². The topological polar surface area (TPSA) is 58.6 Å². The predicted molar refractivity (Wildman–Crippen MR) is 83.2 cm³/mol. The van der Waals surface area contributed by atoms with Crippen molar-refractivity contribution in [3.63, 3.8) is 0 Å². The molecule has 0 saturated carbocycles. The molecule has 2 aromatic carbocycles. The highest BCUT2D eigenvalue weighted by Gasteiger charge is 2.14. The van der Waals surface area contributed by atoms with E-state index in [1.165, 1.54) is 5.56 Å². The molecule has 2 N–H and O–H groups in total. The Hall–Kier alpha value is -2.49. The molecule has 0 radical (unpaired) electrons. The van der Waals surface area contributed by atoms with Gasteiger partial charge >= 0.3 is 5.97 Å². The van der Waals surface area contributed by atoms with E-state index in [0.717, 1.165) is 5.56 Å². The first-order chi connectivity index (χ1) is 10.0. The number of hydrogen-bond donors (Lipinski definition) is 2. The molecule has 1 atom stereocenters. The second-order valence-electron chi connectivity index (χ2n) is 4.99. The number of hydrogen-bond acceptors (Lipinski definition) is 3. The van der Waals surface area contributed by atoms with E-state index in [0.29, 0.717) is 11.4 Å². The fourth-order valence-corrected chi connectivity index (χ4v) is 2.13. The van der Waals surface area contributed by atoms with Gasteiger partial charge in [0.2, 0.25) is 0 Å². The Balaban J connectivity index is 2.28. The van der Waals surface area contributed by atoms with Gasteiger partial charge in [0.15, 0.2) is 0 Å². The van der Waals surface area contributed by atoms with Gasteiger partial charge in [0.05, 0.1) is 18.4 Å². The molecule has 0 fully saturated rings. The van der Waals surface area contributed by atoms with E-state index in [1.54, 1.807) is 25.3 Å². The van der Waals surface area contributed by atoms with Crippen LogP contribution in [0.5, 0.6) is 5.75 Å². The minimum atomic E-state index is -0.962. The van der Waals surface area contributed by atoms with Crippen LogP contribution >= 0.6 is 0 Å². The molecule has 0 spiro atoms. The number of rotatable bonds is 5. The lowest BCUT2D eigenvalue weighted by Gasteiger charge is -2.18. The summed E-state index contributed by atoms with van der Waals surface area (Å²) >= 11 is 0. The van der Waals surface area contributed by atoms with Gasteiger partial charge in [-0.1, -0.05) is 29.8 Å². The molecule has 2 rings (SSSR count). The molecule has 0 saturated heterocycles. The van der Waals surface area contributed by atoms with Gasteiger partial charge in [0.1, 0.15) is 5.75 Å². The summed E-state index contributed by atoms with van der Waals surface area (Å²) in [6, 6.07) is 13.0. The summed E-state index contributed by atoms with van der Waals surface area (Å²) in [5, 5.41) is 12.5. The highest BCUT2D eigenvalue weighted by molar-refractivity contribution is 5.94. The molecule has 0 aliphatic rings. The standard InChI is InChI=1S/C17H19NO3/c1-11-4-6-13(7-5-11)12(2)18-16-10-14(21-3)8-9-15(16)17(19)20/h4-10,12,18H,1-3H3,(H,19,20). The van der Waals surface area contributed by atoms with E-state index in [2.05, 4.69) is 5.32 Å². The molecular weight excluding hydrogens is 266 g/mol. The maximum atomic E-state index is 11.3. The number of aromatic carboxylic acids is 1. The SMILES string of the molecule is COc1ccc(C(=O)O)c(NC(C)c2ccc(C)cc2)c1. The number of carbonyl (C=O) groups is 1. The zero-order chi connectivity index (χ0) is 15.4. The van der Waals surface area contributed by atoms with Gasteiger partial charge in [-0.15, -0.1) is 0 Å². The summed E-state index contributed by atoms with van der Waals surface area (Å²) in [5.41, 5.74) is 3.07. The summed E-state index contributed by atoms with van der Waals surface area (Å²) in [4.78, 5) is 11.3.